The fourth-order valence-corrected chi connectivity index (χ4v) is 4.31. The first-order valence-electron chi connectivity index (χ1n) is 10.0. The Balaban J connectivity index is 1.52. The lowest BCUT2D eigenvalue weighted by Crippen LogP contribution is -2.45. The van der Waals surface area contributed by atoms with Crippen LogP contribution in [0.4, 0.5) is 9.93 Å². The minimum absolute atomic E-state index is 0.219. The van der Waals surface area contributed by atoms with Crippen LogP contribution in [-0.2, 0) is 16.0 Å². The Bertz CT molecular complexity index is 1240. The third-order valence-corrected chi connectivity index (χ3v) is 6.14. The zero-order chi connectivity index (χ0) is 22.5. The predicted octanol–water partition coefficient (Wildman–Crippen LogP) is 5.35. The normalized spacial score (nSPS) is 11.8. The van der Waals surface area contributed by atoms with Crippen molar-refractivity contribution >= 4 is 55.3 Å². The Kier molecular flexibility index (Phi) is 6.87. The molecular formula is C23H21BrN4O3S. The number of carbonyl (C=O) groups is 2. The van der Waals surface area contributed by atoms with Gasteiger partial charge >= 0.3 is 6.09 Å². The van der Waals surface area contributed by atoms with E-state index in [9.17, 15) is 9.59 Å². The molecule has 0 bridgehead atoms. The van der Waals surface area contributed by atoms with Gasteiger partial charge in [0.1, 0.15) is 6.04 Å². The molecule has 2 aromatic carbocycles. The van der Waals surface area contributed by atoms with E-state index < -0.39 is 12.1 Å². The van der Waals surface area contributed by atoms with E-state index in [1.165, 1.54) is 11.3 Å². The van der Waals surface area contributed by atoms with Gasteiger partial charge < -0.3 is 20.4 Å². The number of ether oxygens (including phenoxy) is 1. The average molecular weight is 513 g/mol. The number of nitrogens with one attached hydrogen (secondary N) is 3. The largest absolute Gasteiger partial charge is 0.450 e. The van der Waals surface area contributed by atoms with Crippen molar-refractivity contribution in [1.82, 2.24) is 15.3 Å². The van der Waals surface area contributed by atoms with Crippen molar-refractivity contribution in [3.05, 3.63) is 70.1 Å². The van der Waals surface area contributed by atoms with Crippen molar-refractivity contribution in [3.63, 3.8) is 0 Å². The molecule has 2 aromatic heterocycles. The summed E-state index contributed by atoms with van der Waals surface area (Å²) in [7, 11) is 0. The maximum atomic E-state index is 13.1. The highest BCUT2D eigenvalue weighted by molar-refractivity contribution is 9.10. The molecule has 0 spiro atoms. The summed E-state index contributed by atoms with van der Waals surface area (Å²) in [4.78, 5) is 32.9. The second-order valence-electron chi connectivity index (χ2n) is 7.02. The minimum atomic E-state index is -0.826. The predicted molar refractivity (Wildman–Crippen MR) is 130 cm³/mol. The summed E-state index contributed by atoms with van der Waals surface area (Å²) in [5.74, 6) is -0.361. The van der Waals surface area contributed by atoms with Crippen LogP contribution in [0.5, 0.6) is 0 Å². The Morgan fingerprint density at radius 3 is 2.75 bits per heavy atom. The number of nitrogens with zero attached hydrogens (tertiary/aromatic N) is 1. The summed E-state index contributed by atoms with van der Waals surface area (Å²) in [5.41, 5.74) is 3.61. The Morgan fingerprint density at radius 2 is 1.97 bits per heavy atom. The highest BCUT2D eigenvalue weighted by Crippen LogP contribution is 2.26. The zero-order valence-electron chi connectivity index (χ0n) is 17.2. The van der Waals surface area contributed by atoms with E-state index >= 15 is 0 Å². The lowest BCUT2D eigenvalue weighted by molar-refractivity contribution is -0.118. The third-order valence-electron chi connectivity index (χ3n) is 4.86. The van der Waals surface area contributed by atoms with Crippen LogP contribution in [0.15, 0.2) is 64.6 Å². The van der Waals surface area contributed by atoms with E-state index in [1.54, 1.807) is 6.92 Å². The van der Waals surface area contributed by atoms with Gasteiger partial charge in [-0.2, -0.15) is 0 Å². The molecule has 0 fully saturated rings. The van der Waals surface area contributed by atoms with E-state index in [0.29, 0.717) is 11.6 Å². The Hall–Kier alpha value is -3.17. The highest BCUT2D eigenvalue weighted by Gasteiger charge is 2.24. The van der Waals surface area contributed by atoms with Gasteiger partial charge in [-0.3, -0.25) is 4.79 Å². The number of amides is 2. The Labute approximate surface area is 197 Å². The molecule has 4 rings (SSSR count). The van der Waals surface area contributed by atoms with Crippen molar-refractivity contribution in [2.75, 3.05) is 11.9 Å². The van der Waals surface area contributed by atoms with Crippen molar-refractivity contribution in [3.8, 4) is 11.3 Å². The van der Waals surface area contributed by atoms with Crippen molar-refractivity contribution in [2.24, 2.45) is 0 Å². The highest BCUT2D eigenvalue weighted by atomic mass is 79.9. The Morgan fingerprint density at radius 1 is 1.19 bits per heavy atom. The average Bonchev–Trinajstić information content (AvgIpc) is 3.41. The fourth-order valence-electron chi connectivity index (χ4n) is 3.32. The lowest BCUT2D eigenvalue weighted by atomic mass is 10.0. The van der Waals surface area contributed by atoms with Crippen molar-refractivity contribution < 1.29 is 14.3 Å². The van der Waals surface area contributed by atoms with E-state index in [4.69, 9.17) is 4.74 Å². The maximum absolute atomic E-state index is 13.1. The van der Waals surface area contributed by atoms with Gasteiger partial charge in [0.25, 0.3) is 0 Å². The van der Waals surface area contributed by atoms with Crippen LogP contribution in [0.25, 0.3) is 22.2 Å². The molecule has 164 valence electrons. The number of halogens is 1. The molecule has 32 heavy (non-hydrogen) atoms. The molecule has 4 aromatic rings. The number of rotatable bonds is 7. The number of hydrogen-bond donors (Lipinski definition) is 3. The van der Waals surface area contributed by atoms with Crippen LogP contribution >= 0.6 is 27.3 Å². The SMILES string of the molecule is CCOC(=O)N[C@H](Cc1c[nH]c2ccccc12)C(=O)Nc1nc(-c2ccc(Br)cc2)cs1. The van der Waals surface area contributed by atoms with Gasteiger partial charge in [-0.15, -0.1) is 11.3 Å². The minimum Gasteiger partial charge on any atom is -0.450 e. The smallest absolute Gasteiger partial charge is 0.407 e. The molecule has 0 radical (unpaired) electrons. The van der Waals surface area contributed by atoms with E-state index in [2.05, 4.69) is 36.5 Å². The number of benzene rings is 2. The number of para-hydroxylation sites is 1. The van der Waals surface area contributed by atoms with Gasteiger partial charge in [-0.05, 0) is 30.7 Å². The number of hydrogen-bond acceptors (Lipinski definition) is 5. The molecule has 0 unspecified atom stereocenters. The lowest BCUT2D eigenvalue weighted by Gasteiger charge is -2.17. The van der Waals surface area contributed by atoms with Crippen molar-refractivity contribution in [2.45, 2.75) is 19.4 Å². The number of carbonyl (C=O) groups excluding carboxylic acids is 2. The van der Waals surface area contributed by atoms with E-state index in [1.807, 2.05) is 60.1 Å². The molecule has 0 saturated heterocycles. The number of aromatic nitrogens is 2. The number of H-pyrrole nitrogens is 1. The zero-order valence-corrected chi connectivity index (χ0v) is 19.6. The summed E-state index contributed by atoms with van der Waals surface area (Å²) in [6.07, 6.45) is 1.52. The maximum Gasteiger partial charge on any atom is 0.407 e. The molecule has 2 amide bonds. The first-order chi connectivity index (χ1) is 15.5. The number of fused-ring (bicyclic) bond motifs is 1. The van der Waals surface area contributed by atoms with Crippen molar-refractivity contribution in [1.29, 1.82) is 0 Å². The molecule has 9 heteroatoms. The molecule has 2 heterocycles. The molecule has 0 aliphatic rings. The van der Waals surface area contributed by atoms with Crippen LogP contribution in [0.2, 0.25) is 0 Å². The number of aromatic amines is 1. The second-order valence-corrected chi connectivity index (χ2v) is 8.79. The van der Waals surface area contributed by atoms with E-state index in [0.717, 1.165) is 32.2 Å². The monoisotopic (exact) mass is 512 g/mol. The molecule has 7 nitrogen and oxygen atoms in total. The quantitative estimate of drug-likeness (QED) is 0.311. The standard InChI is InChI=1S/C23H21BrN4O3S/c1-2-31-23(30)27-19(11-15-12-25-18-6-4-3-5-17(15)18)21(29)28-22-26-20(13-32-22)14-7-9-16(24)10-8-14/h3-10,12-13,19,25H,2,11H2,1H3,(H,27,30)(H,26,28,29)/t19-/m1/s1. The van der Waals surface area contributed by atoms with Crippen LogP contribution in [-0.4, -0.2) is 34.6 Å². The summed E-state index contributed by atoms with van der Waals surface area (Å²) in [5, 5.41) is 8.84. The van der Waals surface area contributed by atoms with Gasteiger partial charge in [-0.1, -0.05) is 46.3 Å². The molecule has 3 N–H and O–H groups in total. The summed E-state index contributed by atoms with van der Waals surface area (Å²) in [6, 6.07) is 14.8. The van der Waals surface area contributed by atoms with Crippen LogP contribution in [0.3, 0.4) is 0 Å². The second kappa shape index (κ2) is 9.97. The molecule has 0 saturated carbocycles. The molecule has 1 atom stereocenters. The summed E-state index contributed by atoms with van der Waals surface area (Å²) in [6.45, 7) is 1.93. The van der Waals surface area contributed by atoms with Crippen LogP contribution in [0, 0.1) is 0 Å². The molecular weight excluding hydrogens is 492 g/mol. The van der Waals surface area contributed by atoms with Gasteiger partial charge in [0.2, 0.25) is 5.91 Å². The van der Waals surface area contributed by atoms with Gasteiger partial charge in [0.05, 0.1) is 12.3 Å². The van der Waals surface area contributed by atoms with Crippen LogP contribution < -0.4 is 10.6 Å². The molecule has 0 aliphatic carbocycles. The number of thiazole rings is 1. The topological polar surface area (TPSA) is 96.1 Å². The molecule has 0 aliphatic heterocycles. The first kappa shape index (κ1) is 22.0. The fraction of sp³-hybridized carbons (Fsp3) is 0.174. The van der Waals surface area contributed by atoms with E-state index in [-0.39, 0.29) is 12.5 Å². The summed E-state index contributed by atoms with van der Waals surface area (Å²) >= 11 is 4.75. The number of alkyl carbamates (subject to hydrolysis) is 1. The number of anilines is 1. The van der Waals surface area contributed by atoms with Gasteiger partial charge in [0, 0.05) is 38.9 Å². The van der Waals surface area contributed by atoms with Crippen LogP contribution in [0.1, 0.15) is 12.5 Å². The summed E-state index contributed by atoms with van der Waals surface area (Å²) < 4.78 is 5.98. The third kappa shape index (κ3) is 5.17. The van der Waals surface area contributed by atoms with Gasteiger partial charge in [0.15, 0.2) is 5.13 Å². The first-order valence-corrected chi connectivity index (χ1v) is 11.7. The van der Waals surface area contributed by atoms with Gasteiger partial charge in [-0.25, -0.2) is 9.78 Å².